The zero-order valence-corrected chi connectivity index (χ0v) is 36.4. The molecule has 0 atom stereocenters. The van der Waals surface area contributed by atoms with Gasteiger partial charge < -0.3 is 4.57 Å². The van der Waals surface area contributed by atoms with E-state index in [4.69, 9.17) is 15.0 Å². The normalized spacial score (nSPS) is 12.0. The molecule has 4 nitrogen and oxygen atoms in total. The maximum atomic E-state index is 5.43. The van der Waals surface area contributed by atoms with Crippen LogP contribution < -0.4 is 0 Å². The van der Waals surface area contributed by atoms with E-state index < -0.39 is 0 Å². The summed E-state index contributed by atoms with van der Waals surface area (Å²) in [5.74, 6) is 1.91. The standard InChI is InChI=1S/C59H34N4S2/c1-2-15-35(16-3-1)57-60-58(62-59(61-57)44-24-14-28-53-54(44)42-22-9-12-26-51(42)64-53)39-29-30-49(63-48-25-11-8-21-41(48)45-31-36-17-4-5-18-37(36)34-50(45)63)46(33-39)47-32-38-19-6-7-20-40(38)56-55(47)43-23-10-13-27-52(43)65-56/h1-34H. The van der Waals surface area contributed by atoms with Crippen LogP contribution >= 0.6 is 22.7 Å². The minimum absolute atomic E-state index is 0.624. The summed E-state index contributed by atoms with van der Waals surface area (Å²) in [4.78, 5) is 16.0. The van der Waals surface area contributed by atoms with E-state index in [0.717, 1.165) is 39.0 Å². The highest BCUT2D eigenvalue weighted by Gasteiger charge is 2.23. The van der Waals surface area contributed by atoms with Gasteiger partial charge in [0.15, 0.2) is 17.5 Å². The zero-order chi connectivity index (χ0) is 42.6. The molecule has 0 bridgehead atoms. The second-order valence-corrected chi connectivity index (χ2v) is 18.8. The van der Waals surface area contributed by atoms with E-state index in [0.29, 0.717) is 17.5 Å². The minimum atomic E-state index is 0.624. The lowest BCUT2D eigenvalue weighted by Crippen LogP contribution is -2.02. The van der Waals surface area contributed by atoms with E-state index in [1.54, 1.807) is 11.3 Å². The van der Waals surface area contributed by atoms with E-state index in [-0.39, 0.29) is 0 Å². The van der Waals surface area contributed by atoms with Crippen molar-refractivity contribution in [3.63, 3.8) is 0 Å². The highest BCUT2D eigenvalue weighted by Crippen LogP contribution is 2.48. The Morgan fingerprint density at radius 2 is 0.938 bits per heavy atom. The Labute approximate surface area is 381 Å². The second-order valence-electron chi connectivity index (χ2n) is 16.7. The molecule has 14 rings (SSSR count). The van der Waals surface area contributed by atoms with Gasteiger partial charge in [0.25, 0.3) is 0 Å². The minimum Gasteiger partial charge on any atom is -0.309 e. The highest BCUT2D eigenvalue weighted by atomic mass is 32.1. The molecular formula is C59H34N4S2. The Bertz CT molecular complexity index is 4250. The summed E-state index contributed by atoms with van der Waals surface area (Å²) in [5.41, 5.74) is 8.54. The molecular weight excluding hydrogens is 829 g/mol. The van der Waals surface area contributed by atoms with Crippen LogP contribution in [0.3, 0.4) is 0 Å². The maximum absolute atomic E-state index is 5.43. The van der Waals surface area contributed by atoms with Gasteiger partial charge in [0.05, 0.1) is 16.7 Å². The number of benzene rings is 10. The molecule has 14 aromatic rings. The second kappa shape index (κ2) is 14.2. The van der Waals surface area contributed by atoms with Crippen LogP contribution in [0.25, 0.3) is 135 Å². The van der Waals surface area contributed by atoms with E-state index >= 15 is 0 Å². The Kier molecular flexibility index (Phi) is 7.99. The van der Waals surface area contributed by atoms with Crippen LogP contribution in [0.5, 0.6) is 0 Å². The van der Waals surface area contributed by atoms with Crippen LogP contribution in [-0.2, 0) is 0 Å². The number of para-hydroxylation sites is 1. The lowest BCUT2D eigenvalue weighted by Gasteiger charge is -2.18. The summed E-state index contributed by atoms with van der Waals surface area (Å²) in [7, 11) is 0. The molecule has 0 aliphatic carbocycles. The molecule has 0 aliphatic heterocycles. The van der Waals surface area contributed by atoms with Gasteiger partial charge in [-0.05, 0) is 87.8 Å². The van der Waals surface area contributed by atoms with Gasteiger partial charge in [-0.1, -0.05) is 146 Å². The van der Waals surface area contributed by atoms with Crippen LogP contribution in [0.15, 0.2) is 206 Å². The average Bonchev–Trinajstić information content (AvgIpc) is 4.05. The first-order valence-electron chi connectivity index (χ1n) is 21.8. The fourth-order valence-electron chi connectivity index (χ4n) is 10.1. The van der Waals surface area contributed by atoms with E-state index in [1.165, 1.54) is 78.2 Å². The largest absolute Gasteiger partial charge is 0.309 e. The van der Waals surface area contributed by atoms with Gasteiger partial charge in [0, 0.05) is 73.4 Å². The monoisotopic (exact) mass is 862 g/mol. The van der Waals surface area contributed by atoms with Crippen LogP contribution in [0.1, 0.15) is 0 Å². The number of hydrogen-bond acceptors (Lipinski definition) is 5. The first kappa shape index (κ1) is 36.5. The van der Waals surface area contributed by atoms with E-state index in [1.807, 2.05) is 29.5 Å². The van der Waals surface area contributed by atoms with Crippen LogP contribution in [0.4, 0.5) is 0 Å². The zero-order valence-electron chi connectivity index (χ0n) is 34.7. The third-order valence-electron chi connectivity index (χ3n) is 13.0. The van der Waals surface area contributed by atoms with Gasteiger partial charge in [0.1, 0.15) is 0 Å². The van der Waals surface area contributed by atoms with Gasteiger partial charge >= 0.3 is 0 Å². The highest BCUT2D eigenvalue weighted by molar-refractivity contribution is 7.27. The molecule has 0 fully saturated rings. The summed E-state index contributed by atoms with van der Waals surface area (Å²) < 4.78 is 7.48. The number of nitrogens with zero attached hydrogens (tertiary/aromatic N) is 4. The number of thiophene rings is 2. The number of fused-ring (bicyclic) bond motifs is 12. The van der Waals surface area contributed by atoms with Crippen molar-refractivity contribution in [2.75, 3.05) is 0 Å². The molecule has 6 heteroatoms. The molecule has 4 heterocycles. The summed E-state index contributed by atoms with van der Waals surface area (Å²) in [5, 5.41) is 12.2. The molecule has 0 amide bonds. The Morgan fingerprint density at radius 3 is 1.75 bits per heavy atom. The van der Waals surface area contributed by atoms with Crippen molar-refractivity contribution >= 4 is 106 Å². The third kappa shape index (κ3) is 5.64. The van der Waals surface area contributed by atoms with Crippen LogP contribution in [0, 0.1) is 0 Å². The lowest BCUT2D eigenvalue weighted by atomic mass is 9.93. The summed E-state index contributed by atoms with van der Waals surface area (Å²) in [6.07, 6.45) is 0. The summed E-state index contributed by atoms with van der Waals surface area (Å²) in [6.45, 7) is 0. The van der Waals surface area contributed by atoms with Crippen LogP contribution in [0.2, 0.25) is 0 Å². The van der Waals surface area contributed by atoms with Crippen molar-refractivity contribution in [2.45, 2.75) is 0 Å². The number of hydrogen-bond donors (Lipinski definition) is 0. The van der Waals surface area contributed by atoms with Gasteiger partial charge in [-0.15, -0.1) is 22.7 Å². The molecule has 302 valence electrons. The lowest BCUT2D eigenvalue weighted by molar-refractivity contribution is 1.08. The van der Waals surface area contributed by atoms with Crippen molar-refractivity contribution in [3.05, 3.63) is 206 Å². The molecule has 0 saturated heterocycles. The molecule has 4 aromatic heterocycles. The SMILES string of the molecule is c1ccc(-c2nc(-c3ccc(-n4c5ccccc5c5cc6ccccc6cc54)c(-c4cc5ccccc5c5sc6ccccc6c45)c3)nc(-c3cccc4sc5ccccc5c34)n2)cc1. The van der Waals surface area contributed by atoms with E-state index in [9.17, 15) is 0 Å². The van der Waals surface area contributed by atoms with Crippen molar-refractivity contribution in [1.82, 2.24) is 19.5 Å². The van der Waals surface area contributed by atoms with Gasteiger partial charge in [-0.2, -0.15) is 0 Å². The van der Waals surface area contributed by atoms with Gasteiger partial charge in [-0.3, -0.25) is 0 Å². The molecule has 0 saturated carbocycles. The third-order valence-corrected chi connectivity index (χ3v) is 15.3. The van der Waals surface area contributed by atoms with Crippen LogP contribution in [-0.4, -0.2) is 19.5 Å². The summed E-state index contributed by atoms with van der Waals surface area (Å²) >= 11 is 3.68. The predicted molar refractivity (Wildman–Crippen MR) is 277 cm³/mol. The number of aromatic nitrogens is 4. The average molecular weight is 863 g/mol. The Morgan fingerprint density at radius 1 is 0.323 bits per heavy atom. The summed E-state index contributed by atoms with van der Waals surface area (Å²) in [6, 6.07) is 74.5. The quantitative estimate of drug-likeness (QED) is 0.173. The fraction of sp³-hybridized carbons (Fsp3) is 0. The van der Waals surface area contributed by atoms with Crippen molar-refractivity contribution in [1.29, 1.82) is 0 Å². The first-order valence-corrected chi connectivity index (χ1v) is 23.5. The number of rotatable bonds is 5. The Balaban J connectivity index is 1.10. The molecule has 0 radical (unpaired) electrons. The predicted octanol–water partition coefficient (Wildman–Crippen LogP) is 16.7. The Hall–Kier alpha value is -8.03. The van der Waals surface area contributed by atoms with Gasteiger partial charge in [-0.25, -0.2) is 15.0 Å². The maximum Gasteiger partial charge on any atom is 0.164 e. The fourth-order valence-corrected chi connectivity index (χ4v) is 12.5. The van der Waals surface area contributed by atoms with E-state index in [2.05, 4.69) is 193 Å². The van der Waals surface area contributed by atoms with Crippen molar-refractivity contribution < 1.29 is 0 Å². The van der Waals surface area contributed by atoms with Crippen molar-refractivity contribution in [2.24, 2.45) is 0 Å². The molecule has 0 N–H and O–H groups in total. The molecule has 10 aromatic carbocycles. The van der Waals surface area contributed by atoms with Gasteiger partial charge in [0.2, 0.25) is 0 Å². The molecule has 0 unspecified atom stereocenters. The topological polar surface area (TPSA) is 43.6 Å². The first-order chi connectivity index (χ1) is 32.2. The van der Waals surface area contributed by atoms with Crippen molar-refractivity contribution in [3.8, 4) is 51.0 Å². The molecule has 0 spiro atoms. The molecule has 65 heavy (non-hydrogen) atoms. The smallest absolute Gasteiger partial charge is 0.164 e. The molecule has 0 aliphatic rings.